The lowest BCUT2D eigenvalue weighted by Gasteiger charge is -2.18. The van der Waals surface area contributed by atoms with E-state index in [2.05, 4.69) is 28.1 Å². The highest BCUT2D eigenvalue weighted by atomic mass is 79.9. The molecule has 1 N–H and O–H groups in total. The third-order valence-corrected chi connectivity index (χ3v) is 4.84. The van der Waals surface area contributed by atoms with Gasteiger partial charge in [0.05, 0.1) is 6.10 Å². The Labute approximate surface area is 126 Å². The molecule has 1 aliphatic carbocycles. The summed E-state index contributed by atoms with van der Waals surface area (Å²) < 4.78 is 14.1. The van der Waals surface area contributed by atoms with Gasteiger partial charge < -0.3 is 5.11 Å². The van der Waals surface area contributed by atoms with E-state index in [0.717, 1.165) is 22.9 Å². The molecule has 2 aromatic rings. The Hall–Kier alpha value is -1.19. The van der Waals surface area contributed by atoms with Crippen LogP contribution in [0.4, 0.5) is 4.39 Å². The summed E-state index contributed by atoms with van der Waals surface area (Å²) in [5.41, 5.74) is 3.48. The zero-order chi connectivity index (χ0) is 14.1. The molecule has 0 amide bonds. The smallest absolute Gasteiger partial charge is 0.123 e. The fourth-order valence-corrected chi connectivity index (χ4v) is 3.37. The topological polar surface area (TPSA) is 20.2 Å². The molecule has 0 spiro atoms. The first kappa shape index (κ1) is 13.8. The van der Waals surface area contributed by atoms with Crippen LogP contribution in [0.2, 0.25) is 0 Å². The summed E-state index contributed by atoms with van der Waals surface area (Å²) in [4.78, 5) is 0. The standard InChI is InChI=1S/C17H16BrFO/c18-16-6-5-15(19)9-13(16)10-17(20)14-7-11-3-1-2-4-12(11)8-14/h1-6,9,14,17,20H,7-8,10H2. The summed E-state index contributed by atoms with van der Waals surface area (Å²) in [6, 6.07) is 12.9. The van der Waals surface area contributed by atoms with Crippen LogP contribution in [0.1, 0.15) is 16.7 Å². The number of halogens is 2. The monoisotopic (exact) mass is 334 g/mol. The van der Waals surface area contributed by atoms with Crippen LogP contribution >= 0.6 is 15.9 Å². The van der Waals surface area contributed by atoms with Crippen molar-refractivity contribution in [2.24, 2.45) is 5.92 Å². The Kier molecular flexibility index (Phi) is 3.90. The molecule has 0 fully saturated rings. The van der Waals surface area contributed by atoms with Crippen molar-refractivity contribution >= 4 is 15.9 Å². The van der Waals surface area contributed by atoms with Crippen LogP contribution in [0, 0.1) is 11.7 Å². The van der Waals surface area contributed by atoms with Gasteiger partial charge in [-0.25, -0.2) is 4.39 Å². The van der Waals surface area contributed by atoms with Crippen LogP contribution in [0.15, 0.2) is 46.9 Å². The molecule has 3 heteroatoms. The molecule has 0 saturated heterocycles. The van der Waals surface area contributed by atoms with E-state index < -0.39 is 6.10 Å². The Morgan fingerprint density at radius 3 is 2.45 bits per heavy atom. The first-order chi connectivity index (χ1) is 9.63. The van der Waals surface area contributed by atoms with Crippen molar-refractivity contribution < 1.29 is 9.50 Å². The van der Waals surface area contributed by atoms with Crippen molar-refractivity contribution in [3.05, 3.63) is 69.4 Å². The number of benzene rings is 2. The minimum absolute atomic E-state index is 0.225. The maximum Gasteiger partial charge on any atom is 0.123 e. The van der Waals surface area contributed by atoms with Gasteiger partial charge in [0.2, 0.25) is 0 Å². The van der Waals surface area contributed by atoms with E-state index >= 15 is 0 Å². The number of aliphatic hydroxyl groups excluding tert-OH is 1. The van der Waals surface area contributed by atoms with Crippen molar-refractivity contribution in [2.45, 2.75) is 25.4 Å². The summed E-state index contributed by atoms with van der Waals surface area (Å²) >= 11 is 3.42. The molecule has 1 unspecified atom stereocenters. The van der Waals surface area contributed by atoms with Crippen LogP contribution < -0.4 is 0 Å². The molecule has 104 valence electrons. The third-order valence-electron chi connectivity index (χ3n) is 4.06. The van der Waals surface area contributed by atoms with Crippen molar-refractivity contribution in [1.29, 1.82) is 0 Å². The van der Waals surface area contributed by atoms with Gasteiger partial charge in [0.15, 0.2) is 0 Å². The van der Waals surface area contributed by atoms with Gasteiger partial charge in [0, 0.05) is 4.47 Å². The molecule has 3 rings (SSSR count). The molecule has 1 atom stereocenters. The second kappa shape index (κ2) is 5.66. The summed E-state index contributed by atoms with van der Waals surface area (Å²) in [7, 11) is 0. The fourth-order valence-electron chi connectivity index (χ4n) is 2.96. The fraction of sp³-hybridized carbons (Fsp3) is 0.294. The van der Waals surface area contributed by atoms with E-state index in [9.17, 15) is 9.50 Å². The van der Waals surface area contributed by atoms with E-state index in [1.807, 2.05) is 12.1 Å². The highest BCUT2D eigenvalue weighted by Crippen LogP contribution is 2.31. The molecule has 0 aliphatic heterocycles. The van der Waals surface area contributed by atoms with Crippen molar-refractivity contribution in [3.63, 3.8) is 0 Å². The number of hydrogen-bond donors (Lipinski definition) is 1. The lowest BCUT2D eigenvalue weighted by molar-refractivity contribution is 0.112. The molecule has 0 heterocycles. The van der Waals surface area contributed by atoms with Crippen LogP contribution in [0.25, 0.3) is 0 Å². The van der Waals surface area contributed by atoms with Crippen molar-refractivity contribution in [1.82, 2.24) is 0 Å². The molecule has 1 aliphatic rings. The van der Waals surface area contributed by atoms with Gasteiger partial charge in [0.25, 0.3) is 0 Å². The highest BCUT2D eigenvalue weighted by Gasteiger charge is 2.27. The van der Waals surface area contributed by atoms with Gasteiger partial charge in [-0.05, 0) is 60.1 Å². The highest BCUT2D eigenvalue weighted by molar-refractivity contribution is 9.10. The lowest BCUT2D eigenvalue weighted by Crippen LogP contribution is -2.23. The second-order valence-electron chi connectivity index (χ2n) is 5.44. The van der Waals surface area contributed by atoms with E-state index in [4.69, 9.17) is 0 Å². The van der Waals surface area contributed by atoms with Crippen LogP contribution in [0.3, 0.4) is 0 Å². The summed E-state index contributed by atoms with van der Waals surface area (Å²) in [6.07, 6.45) is 1.85. The molecule has 0 radical (unpaired) electrons. The minimum Gasteiger partial charge on any atom is -0.392 e. The third kappa shape index (κ3) is 2.79. The normalized spacial score (nSPS) is 16.1. The Morgan fingerprint density at radius 2 is 1.80 bits per heavy atom. The van der Waals surface area contributed by atoms with Crippen molar-refractivity contribution in [3.8, 4) is 0 Å². The molecular formula is C17H16BrFO. The van der Waals surface area contributed by atoms with Gasteiger partial charge in [-0.3, -0.25) is 0 Å². The maximum absolute atomic E-state index is 13.3. The molecule has 0 aromatic heterocycles. The summed E-state index contributed by atoms with van der Waals surface area (Å²) in [6.45, 7) is 0. The Bertz CT molecular complexity index is 601. The zero-order valence-electron chi connectivity index (χ0n) is 11.0. The van der Waals surface area contributed by atoms with Gasteiger partial charge >= 0.3 is 0 Å². The summed E-state index contributed by atoms with van der Waals surface area (Å²) in [5.74, 6) is -0.0346. The predicted octanol–water partition coefficient (Wildman–Crippen LogP) is 3.91. The van der Waals surface area contributed by atoms with Gasteiger partial charge in [-0.15, -0.1) is 0 Å². The van der Waals surface area contributed by atoms with Crippen molar-refractivity contribution in [2.75, 3.05) is 0 Å². The number of fused-ring (bicyclic) bond motifs is 1. The first-order valence-corrected chi connectivity index (χ1v) is 7.61. The van der Waals surface area contributed by atoms with Crippen LogP contribution in [-0.2, 0) is 19.3 Å². The Balaban J connectivity index is 1.72. The molecule has 2 aromatic carbocycles. The van der Waals surface area contributed by atoms with E-state index in [1.54, 1.807) is 6.07 Å². The average Bonchev–Trinajstić information content (AvgIpc) is 2.87. The van der Waals surface area contributed by atoms with Gasteiger partial charge in [-0.1, -0.05) is 40.2 Å². The lowest BCUT2D eigenvalue weighted by atomic mass is 9.93. The average molecular weight is 335 g/mol. The minimum atomic E-state index is -0.444. The predicted molar refractivity (Wildman–Crippen MR) is 81.2 cm³/mol. The molecule has 0 saturated carbocycles. The van der Waals surface area contributed by atoms with Crippen LogP contribution in [0.5, 0.6) is 0 Å². The Morgan fingerprint density at radius 1 is 1.15 bits per heavy atom. The molecule has 20 heavy (non-hydrogen) atoms. The largest absolute Gasteiger partial charge is 0.392 e. The molecule has 1 nitrogen and oxygen atoms in total. The van der Waals surface area contributed by atoms with Gasteiger partial charge in [0.1, 0.15) is 5.82 Å². The van der Waals surface area contributed by atoms with E-state index in [-0.39, 0.29) is 11.7 Å². The van der Waals surface area contributed by atoms with Crippen LogP contribution in [-0.4, -0.2) is 11.2 Å². The SMILES string of the molecule is OC(Cc1cc(F)ccc1Br)C1Cc2ccccc2C1. The van der Waals surface area contributed by atoms with E-state index in [0.29, 0.717) is 6.42 Å². The van der Waals surface area contributed by atoms with E-state index in [1.165, 1.54) is 23.3 Å². The molecule has 0 bridgehead atoms. The maximum atomic E-state index is 13.3. The first-order valence-electron chi connectivity index (χ1n) is 6.82. The summed E-state index contributed by atoms with van der Waals surface area (Å²) in [5, 5.41) is 10.4. The van der Waals surface area contributed by atoms with Gasteiger partial charge in [-0.2, -0.15) is 0 Å². The number of aliphatic hydroxyl groups is 1. The number of hydrogen-bond acceptors (Lipinski definition) is 1. The number of rotatable bonds is 3. The molecular weight excluding hydrogens is 319 g/mol. The second-order valence-corrected chi connectivity index (χ2v) is 6.30. The quantitative estimate of drug-likeness (QED) is 0.902. The zero-order valence-corrected chi connectivity index (χ0v) is 12.6.